The number of hydrogen-bond acceptors (Lipinski definition) is 5. The van der Waals surface area contributed by atoms with E-state index in [9.17, 15) is 0 Å². The van der Waals surface area contributed by atoms with Crippen molar-refractivity contribution in [1.29, 1.82) is 0 Å². The predicted octanol–water partition coefficient (Wildman–Crippen LogP) is 6.16. The van der Waals surface area contributed by atoms with Crippen molar-refractivity contribution in [2.75, 3.05) is 11.4 Å². The molecule has 0 N–H and O–H groups in total. The third kappa shape index (κ3) is 5.10. The number of allylic oxidation sites excluding steroid dienone is 1. The van der Waals surface area contributed by atoms with Crippen LogP contribution < -0.4 is 9.64 Å². The molecular weight excluding hydrogens is 483 g/mol. The quantitative estimate of drug-likeness (QED) is 0.379. The fraction of sp³-hybridized carbons (Fsp3) is 0.136. The summed E-state index contributed by atoms with van der Waals surface area (Å²) in [6.07, 6.45) is 2.12. The molecule has 29 heavy (non-hydrogen) atoms. The van der Waals surface area contributed by atoms with E-state index in [2.05, 4.69) is 44.3 Å². The molecule has 1 aromatic heterocycles. The van der Waals surface area contributed by atoms with Crippen LogP contribution in [0.25, 0.3) is 0 Å². The van der Waals surface area contributed by atoms with E-state index in [0.29, 0.717) is 0 Å². The minimum atomic E-state index is 0.758. The van der Waals surface area contributed by atoms with Gasteiger partial charge in [-0.05, 0) is 0 Å². The first-order chi connectivity index (χ1) is 14.1. The summed E-state index contributed by atoms with van der Waals surface area (Å²) in [5, 5.41) is 3.84. The van der Waals surface area contributed by atoms with Gasteiger partial charge in [0, 0.05) is 0 Å². The van der Waals surface area contributed by atoms with E-state index in [1.165, 1.54) is 4.91 Å². The fourth-order valence-electron chi connectivity index (χ4n) is 2.81. The Morgan fingerprint density at radius 2 is 1.93 bits per heavy atom. The first-order valence-corrected chi connectivity index (χ1v) is 12.2. The molecule has 0 saturated carbocycles. The molecule has 146 valence electrons. The van der Waals surface area contributed by atoms with Gasteiger partial charge in [-0.2, -0.15) is 0 Å². The average Bonchev–Trinajstić information content (AvgIpc) is 3.16. The van der Waals surface area contributed by atoms with Gasteiger partial charge in [-0.3, -0.25) is 0 Å². The number of aryl methyl sites for hydroxylation is 1. The summed E-state index contributed by atoms with van der Waals surface area (Å²) in [5.41, 5.74) is 2.15. The molecule has 3 aromatic rings. The van der Waals surface area contributed by atoms with E-state index in [1.807, 2.05) is 55.5 Å². The molecule has 0 amide bonds. The molecule has 0 spiro atoms. The van der Waals surface area contributed by atoms with Crippen LogP contribution in [0.3, 0.4) is 0 Å². The molecule has 0 atom stereocenters. The van der Waals surface area contributed by atoms with Gasteiger partial charge in [-0.25, -0.2) is 0 Å². The summed E-state index contributed by atoms with van der Waals surface area (Å²) in [5.74, 6) is 2.44. The molecule has 2 radical (unpaired) electrons. The number of rotatable bonds is 6. The van der Waals surface area contributed by atoms with Gasteiger partial charge < -0.3 is 0 Å². The fourth-order valence-corrected chi connectivity index (χ4v) is 5.63. The number of halogens is 1. The Kier molecular flexibility index (Phi) is 6.71. The first kappa shape index (κ1) is 20.6. The Morgan fingerprint density at radius 3 is 2.66 bits per heavy atom. The zero-order valence-electron chi connectivity index (χ0n) is 15.7. The minimum absolute atomic E-state index is 0.758. The van der Waals surface area contributed by atoms with Crippen molar-refractivity contribution < 1.29 is 4.74 Å². The monoisotopic (exact) mass is 500 g/mol. The number of nitrogens with zero attached hydrogens (tertiary/aromatic N) is 2. The van der Waals surface area contributed by atoms with Crippen LogP contribution in [0.15, 0.2) is 81.2 Å². The molecule has 1 aliphatic rings. The van der Waals surface area contributed by atoms with Crippen LogP contribution in [-0.4, -0.2) is 28.4 Å². The number of hydrogen-bond donors (Lipinski definition) is 0. The maximum absolute atomic E-state index is 6.34. The van der Waals surface area contributed by atoms with E-state index in [4.69, 9.17) is 16.3 Å². The maximum atomic E-state index is 6.34. The second kappa shape index (κ2) is 9.44. The third-order valence-corrected chi connectivity index (χ3v) is 7.65. The van der Waals surface area contributed by atoms with Crippen molar-refractivity contribution in [2.24, 2.45) is 0 Å². The Balaban J connectivity index is 1.61. The molecule has 0 unspecified atom stereocenters. The van der Waals surface area contributed by atoms with Gasteiger partial charge in [0.25, 0.3) is 0 Å². The van der Waals surface area contributed by atoms with Crippen LogP contribution in [-0.2, 0) is 5.75 Å². The van der Waals surface area contributed by atoms with Crippen LogP contribution in [0.4, 0.5) is 5.13 Å². The Bertz CT molecular complexity index is 1070. The van der Waals surface area contributed by atoms with Crippen molar-refractivity contribution in [1.82, 2.24) is 4.98 Å². The van der Waals surface area contributed by atoms with Gasteiger partial charge >= 0.3 is 194 Å². The number of ether oxygens (including phenoxy) is 1. The van der Waals surface area contributed by atoms with Crippen LogP contribution >= 0.6 is 34.7 Å². The average molecular weight is 501 g/mol. The van der Waals surface area contributed by atoms with E-state index in [0.717, 1.165) is 49.7 Å². The van der Waals surface area contributed by atoms with E-state index >= 15 is 0 Å². The predicted molar refractivity (Wildman–Crippen MR) is 125 cm³/mol. The summed E-state index contributed by atoms with van der Waals surface area (Å²) in [7, 11) is 0. The number of thioether (sulfide) groups is 1. The normalized spacial score (nSPS) is 14.2. The van der Waals surface area contributed by atoms with Crippen LogP contribution in [0.2, 0.25) is 5.02 Å². The van der Waals surface area contributed by atoms with Gasteiger partial charge in [-0.1, -0.05) is 0 Å². The van der Waals surface area contributed by atoms with E-state index in [-0.39, 0.29) is 0 Å². The summed E-state index contributed by atoms with van der Waals surface area (Å²) in [6, 6.07) is 17.8. The van der Waals surface area contributed by atoms with Crippen molar-refractivity contribution in [3.63, 3.8) is 0 Å². The van der Waals surface area contributed by atoms with Gasteiger partial charge in [0.2, 0.25) is 0 Å². The topological polar surface area (TPSA) is 25.4 Å². The first-order valence-electron chi connectivity index (χ1n) is 9.03. The number of thiazole rings is 1. The van der Waals surface area contributed by atoms with E-state index < -0.39 is 0 Å². The molecule has 3 nitrogen and oxygen atoms in total. The Morgan fingerprint density at radius 1 is 1.17 bits per heavy atom. The van der Waals surface area contributed by atoms with Gasteiger partial charge in [0.05, 0.1) is 0 Å². The van der Waals surface area contributed by atoms with Gasteiger partial charge in [0.15, 0.2) is 0 Å². The number of anilines is 1. The molecule has 4 rings (SSSR count). The van der Waals surface area contributed by atoms with Crippen molar-refractivity contribution in [2.45, 2.75) is 12.7 Å². The summed E-state index contributed by atoms with van der Waals surface area (Å²) in [6.45, 7) is 2.77. The summed E-state index contributed by atoms with van der Waals surface area (Å²) in [4.78, 5) is 8.09. The summed E-state index contributed by atoms with van der Waals surface area (Å²) < 4.78 is 7.21. The van der Waals surface area contributed by atoms with Gasteiger partial charge in [0.1, 0.15) is 0 Å². The number of benzene rings is 2. The Hall–Kier alpha value is -1.65. The zero-order valence-corrected chi connectivity index (χ0v) is 20.0. The second-order valence-electron chi connectivity index (χ2n) is 6.45. The SMILES string of the molecule is Cc1csc(N2CC(SCc3ccccc3Cl)=CC(Oc3ccccc3)=C2[As])n1. The van der Waals surface area contributed by atoms with Crippen LogP contribution in [0.5, 0.6) is 5.75 Å². The number of para-hydroxylation sites is 1. The van der Waals surface area contributed by atoms with Crippen LogP contribution in [0.1, 0.15) is 11.3 Å². The zero-order chi connectivity index (χ0) is 20.2. The van der Waals surface area contributed by atoms with E-state index in [1.54, 1.807) is 23.1 Å². The molecule has 2 heterocycles. The number of aromatic nitrogens is 1. The molecular formula is C22H18AsClN2OS2. The molecule has 1 aliphatic heterocycles. The standard InChI is InChI=1S/C22H18AsClN2OS2/c1-15-13-29-22(25-15)26-12-18(28-14-16-7-5-6-10-19(16)24)11-20(21(26)23)27-17-8-3-2-4-9-17/h2-11,13H,12,14H2,1H3. The molecule has 2 aromatic carbocycles. The summed E-state index contributed by atoms with van der Waals surface area (Å²) >= 11 is 12.4. The second-order valence-corrected chi connectivity index (χ2v) is 9.69. The molecule has 0 aliphatic carbocycles. The third-order valence-electron chi connectivity index (χ3n) is 4.26. The van der Waals surface area contributed by atoms with Crippen molar-refractivity contribution in [3.05, 3.63) is 97.5 Å². The van der Waals surface area contributed by atoms with Crippen molar-refractivity contribution >= 4 is 56.7 Å². The molecule has 0 bridgehead atoms. The molecule has 0 fully saturated rings. The van der Waals surface area contributed by atoms with Crippen LogP contribution in [0, 0.1) is 6.92 Å². The Labute approximate surface area is 192 Å². The molecule has 0 saturated heterocycles. The van der Waals surface area contributed by atoms with Gasteiger partial charge in [-0.15, -0.1) is 0 Å². The van der Waals surface area contributed by atoms with Crippen molar-refractivity contribution in [3.8, 4) is 5.75 Å². The molecule has 7 heteroatoms.